The smallest absolute Gasteiger partial charge is 0.0870 e. The molecular formula is C22H28ClN3O. The second-order valence-electron chi connectivity index (χ2n) is 7.51. The second-order valence-corrected chi connectivity index (χ2v) is 7.91. The van der Waals surface area contributed by atoms with Crippen LogP contribution < -0.4 is 10.6 Å². The van der Waals surface area contributed by atoms with Gasteiger partial charge in [0.25, 0.3) is 0 Å². The van der Waals surface area contributed by atoms with E-state index in [-0.39, 0.29) is 0 Å². The van der Waals surface area contributed by atoms with Gasteiger partial charge in [-0.15, -0.1) is 0 Å². The summed E-state index contributed by atoms with van der Waals surface area (Å²) in [6.07, 6.45) is 2.78. The quantitative estimate of drug-likeness (QED) is 0.378. The van der Waals surface area contributed by atoms with Gasteiger partial charge in [-0.25, -0.2) is 0 Å². The average Bonchev–Trinajstić information content (AvgIpc) is 2.91. The van der Waals surface area contributed by atoms with Gasteiger partial charge in [0.05, 0.1) is 16.4 Å². The molecule has 0 aromatic heterocycles. The molecule has 0 fully saturated rings. The lowest BCUT2D eigenvalue weighted by Crippen LogP contribution is -2.16. The number of nitrogens with zero attached hydrogens (tertiary/aromatic N) is 1. The molecule has 0 saturated carbocycles. The Morgan fingerprint density at radius 3 is 2.59 bits per heavy atom. The van der Waals surface area contributed by atoms with Crippen molar-refractivity contribution in [3.8, 4) is 0 Å². The molecule has 1 heterocycles. The number of anilines is 1. The zero-order valence-electron chi connectivity index (χ0n) is 16.1. The number of benzene rings is 2. The summed E-state index contributed by atoms with van der Waals surface area (Å²) in [7, 11) is 0. The van der Waals surface area contributed by atoms with E-state index in [1.165, 1.54) is 16.7 Å². The fourth-order valence-electron chi connectivity index (χ4n) is 3.54. The molecule has 0 bridgehead atoms. The van der Waals surface area contributed by atoms with Crippen LogP contribution in [0.25, 0.3) is 0 Å². The predicted octanol–water partition coefficient (Wildman–Crippen LogP) is 4.86. The van der Waals surface area contributed by atoms with Crippen LogP contribution in [0, 0.1) is 5.92 Å². The van der Waals surface area contributed by atoms with E-state index in [0.29, 0.717) is 12.5 Å². The lowest BCUT2D eigenvalue weighted by Gasteiger charge is -2.16. The minimum absolute atomic E-state index is 0.446. The van der Waals surface area contributed by atoms with Crippen molar-refractivity contribution < 1.29 is 5.21 Å². The molecular weight excluding hydrogens is 358 g/mol. The third kappa shape index (κ3) is 5.02. The number of rotatable bonds is 6. The molecule has 1 aliphatic heterocycles. The third-order valence-corrected chi connectivity index (χ3v) is 5.28. The first-order valence-corrected chi connectivity index (χ1v) is 10.0. The van der Waals surface area contributed by atoms with Crippen LogP contribution in [-0.2, 0) is 19.4 Å². The minimum Gasteiger partial charge on any atom is -0.411 e. The van der Waals surface area contributed by atoms with Crippen LogP contribution in [0.3, 0.4) is 0 Å². The Bertz CT molecular complexity index is 800. The van der Waals surface area contributed by atoms with Crippen molar-refractivity contribution in [2.75, 3.05) is 18.4 Å². The van der Waals surface area contributed by atoms with Gasteiger partial charge in [0.1, 0.15) is 0 Å². The molecule has 0 spiro atoms. The van der Waals surface area contributed by atoms with Gasteiger partial charge in [-0.2, -0.15) is 0 Å². The molecule has 4 nitrogen and oxygen atoms in total. The molecule has 0 radical (unpaired) electrons. The molecule has 0 atom stereocenters. The summed E-state index contributed by atoms with van der Waals surface area (Å²) in [5.41, 5.74) is 6.62. The molecule has 3 rings (SSSR count). The van der Waals surface area contributed by atoms with Gasteiger partial charge in [0.15, 0.2) is 0 Å². The first-order chi connectivity index (χ1) is 13.1. The fourth-order valence-corrected chi connectivity index (χ4v) is 3.79. The van der Waals surface area contributed by atoms with Crippen LogP contribution in [0.1, 0.15) is 42.5 Å². The molecule has 144 valence electrons. The van der Waals surface area contributed by atoms with Crippen molar-refractivity contribution in [2.24, 2.45) is 11.1 Å². The van der Waals surface area contributed by atoms with Gasteiger partial charge >= 0.3 is 0 Å². The molecule has 2 aromatic rings. The molecule has 0 aliphatic carbocycles. The minimum atomic E-state index is 0.446. The average molecular weight is 386 g/mol. The number of halogens is 1. The van der Waals surface area contributed by atoms with Gasteiger partial charge in [-0.05, 0) is 66.6 Å². The van der Waals surface area contributed by atoms with Crippen molar-refractivity contribution >= 4 is 23.0 Å². The highest BCUT2D eigenvalue weighted by Crippen LogP contribution is 2.31. The van der Waals surface area contributed by atoms with Crippen LogP contribution >= 0.6 is 11.6 Å². The first kappa shape index (κ1) is 19.7. The van der Waals surface area contributed by atoms with E-state index in [1.807, 2.05) is 18.2 Å². The maximum Gasteiger partial charge on any atom is 0.0870 e. The summed E-state index contributed by atoms with van der Waals surface area (Å²) in [4.78, 5) is 0. The predicted molar refractivity (Wildman–Crippen MR) is 113 cm³/mol. The largest absolute Gasteiger partial charge is 0.411 e. The summed E-state index contributed by atoms with van der Waals surface area (Å²) in [6, 6.07) is 12.3. The Labute approximate surface area is 166 Å². The van der Waals surface area contributed by atoms with Crippen molar-refractivity contribution in [1.82, 2.24) is 5.32 Å². The molecule has 0 amide bonds. The molecule has 27 heavy (non-hydrogen) atoms. The maximum absolute atomic E-state index is 9.27. The molecule has 1 aliphatic rings. The van der Waals surface area contributed by atoms with Gasteiger partial charge in [-0.1, -0.05) is 60.9 Å². The summed E-state index contributed by atoms with van der Waals surface area (Å²) in [5.74, 6) is 0.446. The van der Waals surface area contributed by atoms with Crippen molar-refractivity contribution in [2.45, 2.75) is 39.7 Å². The Balaban J connectivity index is 1.72. The normalized spacial score (nSPS) is 14.7. The van der Waals surface area contributed by atoms with Crippen LogP contribution in [-0.4, -0.2) is 24.0 Å². The topological polar surface area (TPSA) is 56.7 Å². The van der Waals surface area contributed by atoms with Crippen LogP contribution in [0.2, 0.25) is 5.02 Å². The molecule has 0 saturated heterocycles. The van der Waals surface area contributed by atoms with Crippen LogP contribution in [0.4, 0.5) is 5.69 Å². The zero-order valence-corrected chi connectivity index (χ0v) is 16.8. The van der Waals surface area contributed by atoms with Gasteiger partial charge < -0.3 is 15.8 Å². The summed E-state index contributed by atoms with van der Waals surface area (Å²) < 4.78 is 0. The second kappa shape index (κ2) is 9.25. The van der Waals surface area contributed by atoms with E-state index in [1.54, 1.807) is 0 Å². The van der Waals surface area contributed by atoms with E-state index < -0.39 is 0 Å². The highest BCUT2D eigenvalue weighted by atomic mass is 35.5. The Kier molecular flexibility index (Phi) is 6.75. The monoisotopic (exact) mass is 385 g/mol. The van der Waals surface area contributed by atoms with Gasteiger partial charge in [0, 0.05) is 6.54 Å². The summed E-state index contributed by atoms with van der Waals surface area (Å²) in [6.45, 7) is 6.94. The van der Waals surface area contributed by atoms with E-state index in [2.05, 4.69) is 47.8 Å². The fraction of sp³-hybridized carbons (Fsp3) is 0.409. The standard InChI is InChI=1S/C22H28ClN3O/c1-15(2)13-21(26-27)18-5-3-16(4-6-18)14-25-22-19-10-12-24-11-9-17(19)7-8-20(22)23/h3-8,15,24-25,27H,9-14H2,1-2H3/b26-21+. The zero-order chi connectivity index (χ0) is 19.2. The Morgan fingerprint density at radius 2 is 1.89 bits per heavy atom. The van der Waals surface area contributed by atoms with Crippen LogP contribution in [0.15, 0.2) is 41.6 Å². The highest BCUT2D eigenvalue weighted by molar-refractivity contribution is 6.33. The summed E-state index contributed by atoms with van der Waals surface area (Å²) in [5, 5.41) is 20.5. The highest BCUT2D eigenvalue weighted by Gasteiger charge is 2.14. The van der Waals surface area contributed by atoms with E-state index >= 15 is 0 Å². The van der Waals surface area contributed by atoms with Crippen molar-refractivity contribution in [3.63, 3.8) is 0 Å². The molecule has 3 N–H and O–H groups in total. The third-order valence-electron chi connectivity index (χ3n) is 4.96. The lowest BCUT2D eigenvalue weighted by molar-refractivity contribution is 0.317. The summed E-state index contributed by atoms with van der Waals surface area (Å²) >= 11 is 6.49. The number of nitrogens with one attached hydrogen (secondary N) is 2. The maximum atomic E-state index is 9.27. The van der Waals surface area contributed by atoms with E-state index in [4.69, 9.17) is 11.6 Å². The van der Waals surface area contributed by atoms with E-state index in [9.17, 15) is 5.21 Å². The SMILES string of the molecule is CC(C)C/C(=N\O)c1ccc(CNc2c(Cl)ccc3c2CCNCC3)cc1. The lowest BCUT2D eigenvalue weighted by atomic mass is 9.99. The molecule has 5 heteroatoms. The number of hydrogen-bond donors (Lipinski definition) is 3. The van der Waals surface area contributed by atoms with Gasteiger partial charge in [0.2, 0.25) is 0 Å². The number of fused-ring (bicyclic) bond motifs is 1. The van der Waals surface area contributed by atoms with Crippen LogP contribution in [0.5, 0.6) is 0 Å². The number of oxime groups is 1. The molecule has 2 aromatic carbocycles. The Morgan fingerprint density at radius 1 is 1.15 bits per heavy atom. The first-order valence-electron chi connectivity index (χ1n) is 9.63. The van der Waals surface area contributed by atoms with Crippen molar-refractivity contribution in [3.05, 3.63) is 63.7 Å². The molecule has 0 unspecified atom stereocenters. The Hall–Kier alpha value is -2.04. The van der Waals surface area contributed by atoms with Gasteiger partial charge in [-0.3, -0.25) is 0 Å². The number of hydrogen-bond acceptors (Lipinski definition) is 4. The van der Waals surface area contributed by atoms with Crippen molar-refractivity contribution in [1.29, 1.82) is 0 Å². The van der Waals surface area contributed by atoms with E-state index in [0.717, 1.165) is 54.3 Å².